The molecule has 0 saturated heterocycles. The van der Waals surface area contributed by atoms with Gasteiger partial charge in [-0.05, 0) is 26.3 Å². The molecule has 1 N–H and O–H groups in total. The molecule has 1 aliphatic rings. The fourth-order valence-electron chi connectivity index (χ4n) is 3.32. The van der Waals surface area contributed by atoms with E-state index in [0.717, 1.165) is 34.6 Å². The number of benzene rings is 2. The lowest BCUT2D eigenvalue weighted by Gasteiger charge is -2.13. The predicted molar refractivity (Wildman–Crippen MR) is 108 cm³/mol. The number of rotatable bonds is 3. The second kappa shape index (κ2) is 6.49. The number of hydrogen-bond acceptors (Lipinski definition) is 2. The minimum atomic E-state index is -0.384. The van der Waals surface area contributed by atoms with Crippen molar-refractivity contribution in [2.45, 2.75) is 32.9 Å². The largest absolute Gasteiger partial charge is 0.358 e. The van der Waals surface area contributed by atoms with Gasteiger partial charge in [-0.1, -0.05) is 55.5 Å². The second-order valence-electron chi connectivity index (χ2n) is 6.53. The fraction of sp³-hybridized carbons (Fsp3) is 0.238. The van der Waals surface area contributed by atoms with Crippen molar-refractivity contribution in [3.63, 3.8) is 0 Å². The number of hydrogen-bond donors (Lipinski definition) is 1. The third-order valence-electron chi connectivity index (χ3n) is 4.78. The van der Waals surface area contributed by atoms with Crippen molar-refractivity contribution >= 4 is 34.7 Å². The van der Waals surface area contributed by atoms with Crippen LogP contribution in [0.25, 0.3) is 10.9 Å². The third kappa shape index (κ3) is 2.89. The zero-order chi connectivity index (χ0) is 16.7. The van der Waals surface area contributed by atoms with Crippen molar-refractivity contribution in [3.8, 4) is 0 Å². The molecule has 1 unspecified atom stereocenters. The van der Waals surface area contributed by atoms with E-state index >= 15 is 0 Å². The standard InChI is InChI=1S/C21H21N3.ClH/c1-4-21(3)23-19(15-10-6-5-7-11-15)20(24-21)18-14(2)22-17-13-9-8-12-16(17)18;/h5-13,22H,4H2,1-3H3;1H. The first kappa shape index (κ1) is 17.4. The Kier molecular flexibility index (Phi) is 4.53. The van der Waals surface area contributed by atoms with Gasteiger partial charge in [0.1, 0.15) is 5.66 Å². The summed E-state index contributed by atoms with van der Waals surface area (Å²) < 4.78 is 0. The molecule has 0 spiro atoms. The van der Waals surface area contributed by atoms with E-state index in [1.807, 2.05) is 6.07 Å². The van der Waals surface area contributed by atoms with Crippen LogP contribution in [0.4, 0.5) is 0 Å². The molecule has 0 saturated carbocycles. The Bertz CT molecular complexity index is 969. The van der Waals surface area contributed by atoms with Crippen LogP contribution in [0.15, 0.2) is 64.6 Å². The average Bonchev–Trinajstić information content (AvgIpc) is 3.12. The molecule has 0 bridgehead atoms. The maximum Gasteiger partial charge on any atom is 0.148 e. The lowest BCUT2D eigenvalue weighted by atomic mass is 9.98. The minimum Gasteiger partial charge on any atom is -0.358 e. The van der Waals surface area contributed by atoms with Crippen molar-refractivity contribution in [3.05, 3.63) is 71.4 Å². The molecule has 4 rings (SSSR count). The second-order valence-corrected chi connectivity index (χ2v) is 6.53. The molecule has 2 heterocycles. The maximum absolute atomic E-state index is 5.04. The highest BCUT2D eigenvalue weighted by molar-refractivity contribution is 6.56. The molecule has 25 heavy (non-hydrogen) atoms. The van der Waals surface area contributed by atoms with Crippen LogP contribution < -0.4 is 0 Å². The number of aromatic nitrogens is 1. The van der Waals surface area contributed by atoms with E-state index in [1.165, 1.54) is 10.9 Å². The SMILES string of the molecule is CCC1(C)N=C(c2ccccc2)C(c2c(C)[nH]c3ccccc23)=N1.Cl. The van der Waals surface area contributed by atoms with E-state index in [2.05, 4.69) is 74.3 Å². The predicted octanol–water partition coefficient (Wildman–Crippen LogP) is 5.32. The van der Waals surface area contributed by atoms with Crippen molar-refractivity contribution in [1.82, 2.24) is 4.98 Å². The van der Waals surface area contributed by atoms with Crippen molar-refractivity contribution in [2.75, 3.05) is 0 Å². The molecule has 4 heteroatoms. The zero-order valence-electron chi connectivity index (χ0n) is 14.7. The van der Waals surface area contributed by atoms with Gasteiger partial charge in [-0.15, -0.1) is 12.4 Å². The van der Waals surface area contributed by atoms with E-state index in [9.17, 15) is 0 Å². The van der Waals surface area contributed by atoms with Gasteiger partial charge in [-0.2, -0.15) is 0 Å². The lowest BCUT2D eigenvalue weighted by Crippen LogP contribution is -2.14. The van der Waals surface area contributed by atoms with Crippen LogP contribution in [0.2, 0.25) is 0 Å². The summed E-state index contributed by atoms with van der Waals surface area (Å²) in [4.78, 5) is 13.5. The molecule has 3 aromatic rings. The van der Waals surface area contributed by atoms with E-state index < -0.39 is 0 Å². The smallest absolute Gasteiger partial charge is 0.148 e. The summed E-state index contributed by atoms with van der Waals surface area (Å²) in [5.74, 6) is 0. The van der Waals surface area contributed by atoms with Crippen molar-refractivity contribution < 1.29 is 0 Å². The molecule has 0 aliphatic carbocycles. The van der Waals surface area contributed by atoms with E-state index in [1.54, 1.807) is 0 Å². The number of H-pyrrole nitrogens is 1. The summed E-state index contributed by atoms with van der Waals surface area (Å²) in [6.45, 7) is 6.36. The Morgan fingerprint density at radius 3 is 2.28 bits per heavy atom. The number of nitrogens with zero attached hydrogens (tertiary/aromatic N) is 2. The van der Waals surface area contributed by atoms with E-state index in [0.29, 0.717) is 0 Å². The van der Waals surface area contributed by atoms with E-state index in [4.69, 9.17) is 9.98 Å². The molecule has 3 nitrogen and oxygen atoms in total. The number of aromatic amines is 1. The van der Waals surface area contributed by atoms with Crippen LogP contribution in [0.3, 0.4) is 0 Å². The van der Waals surface area contributed by atoms with Gasteiger partial charge in [-0.3, -0.25) is 9.98 Å². The van der Waals surface area contributed by atoms with Gasteiger partial charge >= 0.3 is 0 Å². The molecule has 0 fully saturated rings. The molecular formula is C21H22ClN3. The summed E-state index contributed by atoms with van der Waals surface area (Å²) in [7, 11) is 0. The fourth-order valence-corrected chi connectivity index (χ4v) is 3.32. The highest BCUT2D eigenvalue weighted by Crippen LogP contribution is 2.32. The van der Waals surface area contributed by atoms with Crippen LogP contribution in [-0.2, 0) is 0 Å². The molecule has 0 amide bonds. The summed E-state index contributed by atoms with van der Waals surface area (Å²) >= 11 is 0. The molecule has 2 aromatic carbocycles. The summed E-state index contributed by atoms with van der Waals surface area (Å²) in [6, 6.07) is 18.8. The Balaban J connectivity index is 0.00000182. The van der Waals surface area contributed by atoms with Gasteiger partial charge in [0.05, 0.1) is 11.4 Å². The number of halogens is 1. The number of aryl methyl sites for hydroxylation is 1. The minimum absolute atomic E-state index is 0. The first-order chi connectivity index (χ1) is 11.6. The highest BCUT2D eigenvalue weighted by Gasteiger charge is 2.33. The monoisotopic (exact) mass is 351 g/mol. The summed E-state index contributed by atoms with van der Waals surface area (Å²) in [6.07, 6.45) is 0.883. The van der Waals surface area contributed by atoms with Crippen LogP contribution in [-0.4, -0.2) is 22.1 Å². The number of aliphatic imine (C=N–C) groups is 2. The van der Waals surface area contributed by atoms with Gasteiger partial charge in [-0.25, -0.2) is 0 Å². The van der Waals surface area contributed by atoms with Gasteiger partial charge in [0.15, 0.2) is 0 Å². The van der Waals surface area contributed by atoms with Crippen LogP contribution in [0, 0.1) is 6.92 Å². The Morgan fingerprint density at radius 2 is 1.56 bits per heavy atom. The Morgan fingerprint density at radius 1 is 0.920 bits per heavy atom. The third-order valence-corrected chi connectivity index (χ3v) is 4.78. The van der Waals surface area contributed by atoms with Crippen molar-refractivity contribution in [1.29, 1.82) is 0 Å². The molecule has 1 aromatic heterocycles. The number of para-hydroxylation sites is 1. The van der Waals surface area contributed by atoms with Gasteiger partial charge < -0.3 is 4.98 Å². The van der Waals surface area contributed by atoms with Gasteiger partial charge in [0.2, 0.25) is 0 Å². The normalized spacial score (nSPS) is 19.5. The summed E-state index contributed by atoms with van der Waals surface area (Å²) in [5.41, 5.74) is 6.19. The number of fused-ring (bicyclic) bond motifs is 1. The molecule has 1 atom stereocenters. The molecular weight excluding hydrogens is 330 g/mol. The average molecular weight is 352 g/mol. The molecule has 1 aliphatic heterocycles. The van der Waals surface area contributed by atoms with Gasteiger partial charge in [0.25, 0.3) is 0 Å². The Hall–Kier alpha value is -2.39. The maximum atomic E-state index is 5.04. The van der Waals surface area contributed by atoms with Crippen molar-refractivity contribution in [2.24, 2.45) is 9.98 Å². The van der Waals surface area contributed by atoms with Gasteiger partial charge in [0, 0.05) is 27.7 Å². The quantitative estimate of drug-likeness (QED) is 0.663. The number of nitrogens with one attached hydrogen (secondary N) is 1. The first-order valence-corrected chi connectivity index (χ1v) is 8.44. The lowest BCUT2D eigenvalue weighted by molar-refractivity contribution is 0.491. The van der Waals surface area contributed by atoms with Crippen LogP contribution >= 0.6 is 12.4 Å². The van der Waals surface area contributed by atoms with Crippen LogP contribution in [0.1, 0.15) is 37.1 Å². The topological polar surface area (TPSA) is 40.5 Å². The van der Waals surface area contributed by atoms with Crippen LogP contribution in [0.5, 0.6) is 0 Å². The first-order valence-electron chi connectivity index (χ1n) is 8.44. The highest BCUT2D eigenvalue weighted by atomic mass is 35.5. The zero-order valence-corrected chi connectivity index (χ0v) is 15.5. The Labute approximate surface area is 154 Å². The van der Waals surface area contributed by atoms with E-state index in [-0.39, 0.29) is 18.1 Å². The molecule has 0 radical (unpaired) electrons. The molecule has 128 valence electrons. The summed E-state index contributed by atoms with van der Waals surface area (Å²) in [5, 5.41) is 1.21.